The molecule has 0 saturated heterocycles. The molecule has 7 nitrogen and oxygen atoms in total. The molecule has 0 fully saturated rings. The number of carbonyl (C=O) groups excluding carboxylic acids is 3. The number of esters is 1. The Morgan fingerprint density at radius 2 is 1.66 bits per heavy atom. The number of hydrogen-bond donors (Lipinski definition) is 1. The van der Waals surface area contributed by atoms with Crippen LogP contribution in [0.25, 0.3) is 0 Å². The van der Waals surface area contributed by atoms with Gasteiger partial charge in [-0.05, 0) is 31.9 Å². The van der Waals surface area contributed by atoms with Crippen LogP contribution >= 0.6 is 23.2 Å². The fourth-order valence-corrected chi connectivity index (χ4v) is 3.49. The van der Waals surface area contributed by atoms with Gasteiger partial charge in [-0.15, -0.1) is 0 Å². The van der Waals surface area contributed by atoms with Crippen molar-refractivity contribution in [2.24, 2.45) is 0 Å². The normalized spacial score (nSPS) is 16.3. The van der Waals surface area contributed by atoms with Gasteiger partial charge in [0.2, 0.25) is 0 Å². The molecule has 0 spiro atoms. The van der Waals surface area contributed by atoms with Gasteiger partial charge in [0.05, 0.1) is 34.2 Å². The Balaban J connectivity index is 2.55. The van der Waals surface area contributed by atoms with E-state index in [0.29, 0.717) is 23.4 Å². The number of methoxy groups -OCH3 is 1. The molecule has 0 saturated carbocycles. The molecular weight excluding hydrogens is 421 g/mol. The SMILES string of the molecule is CCCC(=O)OOC(=O)C1=C(C)NC(C)=C(C(=O)OC)C1c1cccc(Cl)c1Cl. The summed E-state index contributed by atoms with van der Waals surface area (Å²) in [6.07, 6.45) is 0.633. The molecule has 9 heteroatoms. The van der Waals surface area contributed by atoms with Crippen LogP contribution in [0.5, 0.6) is 0 Å². The minimum Gasteiger partial charge on any atom is -0.466 e. The second-order valence-electron chi connectivity index (χ2n) is 6.35. The van der Waals surface area contributed by atoms with Gasteiger partial charge in [0.1, 0.15) is 0 Å². The van der Waals surface area contributed by atoms with E-state index in [9.17, 15) is 14.4 Å². The van der Waals surface area contributed by atoms with E-state index in [1.807, 2.05) is 0 Å². The van der Waals surface area contributed by atoms with Gasteiger partial charge in [0.15, 0.2) is 0 Å². The second-order valence-corrected chi connectivity index (χ2v) is 7.13. The molecule has 1 unspecified atom stereocenters. The standard InChI is InChI=1S/C20H21Cl2NO6/c1-5-7-14(24)28-29-20(26)16-11(3)23-10(2)15(19(25)27-4)17(16)12-8-6-9-13(21)18(12)22/h6,8-9,17,23H,5,7H2,1-4H3. The Labute approximate surface area is 178 Å². The maximum atomic E-state index is 12.8. The van der Waals surface area contributed by atoms with E-state index in [0.717, 1.165) is 0 Å². The first-order valence-corrected chi connectivity index (χ1v) is 9.60. The van der Waals surface area contributed by atoms with Crippen molar-refractivity contribution < 1.29 is 28.9 Å². The van der Waals surface area contributed by atoms with Gasteiger partial charge < -0.3 is 10.1 Å². The molecule has 29 heavy (non-hydrogen) atoms. The van der Waals surface area contributed by atoms with Crippen molar-refractivity contribution in [2.45, 2.75) is 39.5 Å². The molecule has 1 aliphatic rings. The molecule has 156 valence electrons. The molecule has 0 aliphatic carbocycles. The average Bonchev–Trinajstić information content (AvgIpc) is 2.67. The molecule has 1 aromatic rings. The first-order valence-electron chi connectivity index (χ1n) is 8.85. The Bertz CT molecular complexity index is 906. The van der Waals surface area contributed by atoms with Crippen LogP contribution in [0.15, 0.2) is 40.7 Å². The predicted molar refractivity (Wildman–Crippen MR) is 107 cm³/mol. The predicted octanol–water partition coefficient (Wildman–Crippen LogP) is 4.20. The van der Waals surface area contributed by atoms with E-state index in [2.05, 4.69) is 10.2 Å². The molecule has 2 rings (SSSR count). The Hall–Kier alpha value is -2.51. The molecule has 1 aliphatic heterocycles. The Morgan fingerprint density at radius 3 is 2.24 bits per heavy atom. The monoisotopic (exact) mass is 441 g/mol. The molecule has 0 bridgehead atoms. The summed E-state index contributed by atoms with van der Waals surface area (Å²) in [7, 11) is 1.23. The zero-order valence-electron chi connectivity index (χ0n) is 16.4. The van der Waals surface area contributed by atoms with E-state index in [1.54, 1.807) is 39.0 Å². The molecule has 1 heterocycles. The van der Waals surface area contributed by atoms with Crippen molar-refractivity contribution in [1.29, 1.82) is 0 Å². The van der Waals surface area contributed by atoms with E-state index in [4.69, 9.17) is 32.8 Å². The lowest BCUT2D eigenvalue weighted by Crippen LogP contribution is -2.32. The van der Waals surface area contributed by atoms with Gasteiger partial charge in [-0.1, -0.05) is 42.3 Å². The molecule has 1 aromatic carbocycles. The van der Waals surface area contributed by atoms with Gasteiger partial charge in [0.25, 0.3) is 0 Å². The number of benzene rings is 1. The lowest BCUT2D eigenvalue weighted by molar-refractivity contribution is -0.256. The third kappa shape index (κ3) is 4.92. The third-order valence-electron chi connectivity index (χ3n) is 4.34. The first-order chi connectivity index (χ1) is 13.7. The highest BCUT2D eigenvalue weighted by molar-refractivity contribution is 6.42. The number of rotatable bonds is 5. The molecule has 1 atom stereocenters. The van der Waals surface area contributed by atoms with Gasteiger partial charge in [0, 0.05) is 17.8 Å². The highest BCUT2D eigenvalue weighted by atomic mass is 35.5. The second kappa shape index (κ2) is 9.80. The maximum Gasteiger partial charge on any atom is 0.385 e. The molecule has 0 aromatic heterocycles. The lowest BCUT2D eigenvalue weighted by atomic mass is 9.80. The minimum atomic E-state index is -0.938. The molecular formula is C20H21Cl2NO6. The fourth-order valence-electron chi connectivity index (χ4n) is 3.07. The van der Waals surface area contributed by atoms with Crippen molar-refractivity contribution in [2.75, 3.05) is 7.11 Å². The third-order valence-corrected chi connectivity index (χ3v) is 5.18. The summed E-state index contributed by atoms with van der Waals surface area (Å²) in [6, 6.07) is 4.88. The summed E-state index contributed by atoms with van der Waals surface area (Å²) in [5.74, 6) is -3.21. The van der Waals surface area contributed by atoms with Crippen LogP contribution in [0.4, 0.5) is 0 Å². The summed E-state index contributed by atoms with van der Waals surface area (Å²) in [6.45, 7) is 5.09. The van der Waals surface area contributed by atoms with Gasteiger partial charge in [-0.3, -0.25) is 0 Å². The van der Waals surface area contributed by atoms with Crippen molar-refractivity contribution >= 4 is 41.1 Å². The van der Waals surface area contributed by atoms with Crippen molar-refractivity contribution in [3.63, 3.8) is 0 Å². The zero-order chi connectivity index (χ0) is 21.7. The quantitative estimate of drug-likeness (QED) is 0.415. The first kappa shape index (κ1) is 22.8. The largest absolute Gasteiger partial charge is 0.466 e. The van der Waals surface area contributed by atoms with Crippen LogP contribution < -0.4 is 5.32 Å². The smallest absolute Gasteiger partial charge is 0.385 e. The number of hydrogen-bond acceptors (Lipinski definition) is 7. The van der Waals surface area contributed by atoms with Gasteiger partial charge >= 0.3 is 17.9 Å². The topological polar surface area (TPSA) is 90.9 Å². The minimum absolute atomic E-state index is 0.0458. The number of dihydropyridines is 1. The van der Waals surface area contributed by atoms with Crippen LogP contribution in [-0.2, 0) is 28.9 Å². The number of carbonyl (C=O) groups is 3. The highest BCUT2D eigenvalue weighted by Gasteiger charge is 2.39. The van der Waals surface area contributed by atoms with E-state index in [-0.39, 0.29) is 27.6 Å². The van der Waals surface area contributed by atoms with Crippen LogP contribution in [0, 0.1) is 0 Å². The summed E-state index contributed by atoms with van der Waals surface area (Å²) in [4.78, 5) is 46.3. The summed E-state index contributed by atoms with van der Waals surface area (Å²) in [5, 5.41) is 3.39. The summed E-state index contributed by atoms with van der Waals surface area (Å²) >= 11 is 12.5. The number of nitrogens with one attached hydrogen (secondary N) is 1. The van der Waals surface area contributed by atoms with Crippen LogP contribution in [-0.4, -0.2) is 25.0 Å². The van der Waals surface area contributed by atoms with Crippen LogP contribution in [0.2, 0.25) is 10.0 Å². The lowest BCUT2D eigenvalue weighted by Gasteiger charge is -2.30. The summed E-state index contributed by atoms with van der Waals surface area (Å²) < 4.78 is 4.90. The maximum absolute atomic E-state index is 12.8. The fraction of sp³-hybridized carbons (Fsp3) is 0.350. The zero-order valence-corrected chi connectivity index (χ0v) is 17.9. The van der Waals surface area contributed by atoms with Crippen molar-refractivity contribution in [1.82, 2.24) is 5.32 Å². The Morgan fingerprint density at radius 1 is 1.03 bits per heavy atom. The van der Waals surface area contributed by atoms with Gasteiger partial charge in [-0.25, -0.2) is 24.2 Å². The van der Waals surface area contributed by atoms with E-state index in [1.165, 1.54) is 7.11 Å². The molecule has 0 amide bonds. The number of allylic oxidation sites excluding steroid dienone is 2. The van der Waals surface area contributed by atoms with Crippen LogP contribution in [0.1, 0.15) is 45.1 Å². The highest BCUT2D eigenvalue weighted by Crippen LogP contribution is 2.43. The molecule has 1 N–H and O–H groups in total. The van der Waals surface area contributed by atoms with Crippen molar-refractivity contribution in [3.8, 4) is 0 Å². The molecule has 0 radical (unpaired) electrons. The van der Waals surface area contributed by atoms with Crippen LogP contribution in [0.3, 0.4) is 0 Å². The average molecular weight is 442 g/mol. The van der Waals surface area contributed by atoms with E-state index >= 15 is 0 Å². The Kier molecular flexibility index (Phi) is 7.70. The van der Waals surface area contributed by atoms with Gasteiger partial charge in [-0.2, -0.15) is 0 Å². The number of halogens is 2. The van der Waals surface area contributed by atoms with Crippen molar-refractivity contribution in [3.05, 3.63) is 56.3 Å². The van der Waals surface area contributed by atoms with E-state index < -0.39 is 23.8 Å². The number of ether oxygens (including phenoxy) is 1. The summed E-state index contributed by atoms with van der Waals surface area (Å²) in [5.41, 5.74) is 1.51.